The average Bonchev–Trinajstić information content (AvgIpc) is 3.42. The Morgan fingerprint density at radius 1 is 1.25 bits per heavy atom. The fourth-order valence-corrected chi connectivity index (χ4v) is 5.79. The van der Waals surface area contributed by atoms with Crippen molar-refractivity contribution in [3.05, 3.63) is 52.3 Å². The van der Waals surface area contributed by atoms with E-state index in [1.807, 2.05) is 18.3 Å². The molecular formula is C24H24N6S2. The highest BCUT2D eigenvalue weighted by Gasteiger charge is 2.20. The van der Waals surface area contributed by atoms with E-state index in [2.05, 4.69) is 58.1 Å². The van der Waals surface area contributed by atoms with E-state index in [1.165, 1.54) is 18.4 Å². The number of rotatable bonds is 5. The van der Waals surface area contributed by atoms with E-state index in [9.17, 15) is 5.26 Å². The lowest BCUT2D eigenvalue weighted by Crippen LogP contribution is -2.10. The molecule has 32 heavy (non-hydrogen) atoms. The van der Waals surface area contributed by atoms with E-state index in [0.29, 0.717) is 16.2 Å². The maximum atomic E-state index is 9.56. The Hall–Kier alpha value is -2.86. The van der Waals surface area contributed by atoms with Crippen molar-refractivity contribution in [1.29, 1.82) is 5.26 Å². The maximum absolute atomic E-state index is 9.56. The van der Waals surface area contributed by atoms with E-state index in [-0.39, 0.29) is 0 Å². The van der Waals surface area contributed by atoms with Gasteiger partial charge >= 0.3 is 0 Å². The molecule has 162 valence electrons. The minimum Gasteiger partial charge on any atom is -0.328 e. The summed E-state index contributed by atoms with van der Waals surface area (Å²) in [6.07, 6.45) is 6.40. The molecule has 0 aliphatic heterocycles. The van der Waals surface area contributed by atoms with Gasteiger partial charge in [0.25, 0.3) is 0 Å². The maximum Gasteiger partial charge on any atom is 0.189 e. The molecule has 6 nitrogen and oxygen atoms in total. The van der Waals surface area contributed by atoms with Crippen LogP contribution in [0.4, 0.5) is 10.9 Å². The van der Waals surface area contributed by atoms with Crippen LogP contribution in [-0.2, 0) is 6.54 Å². The van der Waals surface area contributed by atoms with Gasteiger partial charge in [-0.25, -0.2) is 9.97 Å². The Morgan fingerprint density at radius 2 is 2.06 bits per heavy atom. The highest BCUT2D eigenvalue weighted by Crippen LogP contribution is 2.35. The Morgan fingerprint density at radius 3 is 2.81 bits per heavy atom. The first kappa shape index (κ1) is 21.0. The van der Waals surface area contributed by atoms with Crippen molar-refractivity contribution < 1.29 is 0 Å². The van der Waals surface area contributed by atoms with Gasteiger partial charge in [0.2, 0.25) is 0 Å². The predicted molar refractivity (Wildman–Crippen MR) is 133 cm³/mol. The van der Waals surface area contributed by atoms with Gasteiger partial charge in [0.05, 0.1) is 21.3 Å². The van der Waals surface area contributed by atoms with E-state index < -0.39 is 0 Å². The summed E-state index contributed by atoms with van der Waals surface area (Å²) in [6, 6.07) is 12.9. The summed E-state index contributed by atoms with van der Waals surface area (Å²) in [6.45, 7) is 0.901. The van der Waals surface area contributed by atoms with Crippen LogP contribution in [0.3, 0.4) is 0 Å². The average molecular weight is 461 g/mol. The van der Waals surface area contributed by atoms with Crippen molar-refractivity contribution in [3.63, 3.8) is 0 Å². The van der Waals surface area contributed by atoms with Crippen LogP contribution in [0.15, 0.2) is 36.5 Å². The number of nitriles is 1. The highest BCUT2D eigenvalue weighted by atomic mass is 32.1. The molecule has 0 atom stereocenters. The second-order valence-corrected chi connectivity index (χ2v) is 10.0. The van der Waals surface area contributed by atoms with Crippen molar-refractivity contribution in [1.82, 2.24) is 19.4 Å². The molecule has 0 radical (unpaired) electrons. The second kappa shape index (κ2) is 8.58. The minimum absolute atomic E-state index is 0.339. The molecule has 4 aromatic rings. The fraction of sp³-hybridized carbons (Fsp3) is 0.333. The van der Waals surface area contributed by atoms with Gasteiger partial charge in [0, 0.05) is 30.2 Å². The lowest BCUT2D eigenvalue weighted by Gasteiger charge is -2.19. The Kier molecular flexibility index (Phi) is 5.64. The number of thiazole rings is 1. The first-order chi connectivity index (χ1) is 15.5. The second-order valence-electron chi connectivity index (χ2n) is 8.60. The van der Waals surface area contributed by atoms with Crippen LogP contribution in [0.2, 0.25) is 0 Å². The number of benzene rings is 1. The molecule has 0 amide bonds. The van der Waals surface area contributed by atoms with Crippen molar-refractivity contribution in [2.24, 2.45) is 0 Å². The molecule has 3 aromatic heterocycles. The number of fused-ring (bicyclic) bond motifs is 2. The summed E-state index contributed by atoms with van der Waals surface area (Å²) in [5.74, 6) is 0.732. The third-order valence-electron chi connectivity index (χ3n) is 5.92. The Bertz CT molecular complexity index is 1410. The molecule has 1 saturated carbocycles. The number of nitrogens with one attached hydrogen (secondary N) is 1. The van der Waals surface area contributed by atoms with Crippen LogP contribution in [0.5, 0.6) is 0 Å². The first-order valence-electron chi connectivity index (χ1n) is 10.8. The predicted octanol–water partition coefficient (Wildman–Crippen LogP) is 6.17. The molecule has 1 aliphatic carbocycles. The standard InChI is InChI=1S/C24H24N6S2/c1-29(2)14-15-7-8-19-21(9-15)32-24(27-19)28-22-11-20-17(13-26-22)10-16(12-25)23(31)30(20)18-5-3-4-6-18/h7-11,13,18H,3-6,14H2,1-2H3,(H,26,27,28). The van der Waals surface area contributed by atoms with Crippen molar-refractivity contribution in [3.8, 4) is 6.07 Å². The van der Waals surface area contributed by atoms with Crippen LogP contribution >= 0.6 is 23.6 Å². The minimum atomic E-state index is 0.339. The first-order valence-corrected chi connectivity index (χ1v) is 12.0. The summed E-state index contributed by atoms with van der Waals surface area (Å²) >= 11 is 7.33. The molecule has 0 spiro atoms. The van der Waals surface area contributed by atoms with E-state index in [1.54, 1.807) is 11.3 Å². The van der Waals surface area contributed by atoms with E-state index in [0.717, 1.165) is 51.5 Å². The Balaban J connectivity index is 1.53. The Labute approximate surface area is 196 Å². The molecule has 1 aliphatic rings. The van der Waals surface area contributed by atoms with Crippen LogP contribution in [0, 0.1) is 16.0 Å². The third kappa shape index (κ3) is 3.99. The smallest absolute Gasteiger partial charge is 0.189 e. The molecule has 0 bridgehead atoms. The van der Waals surface area contributed by atoms with Crippen LogP contribution in [0.1, 0.15) is 42.9 Å². The lowest BCUT2D eigenvalue weighted by atomic mass is 10.1. The zero-order valence-corrected chi connectivity index (χ0v) is 19.8. The number of anilines is 2. The number of aromatic nitrogens is 3. The normalized spacial score (nSPS) is 14.4. The molecule has 1 N–H and O–H groups in total. The van der Waals surface area contributed by atoms with Gasteiger partial charge < -0.3 is 14.8 Å². The largest absolute Gasteiger partial charge is 0.328 e. The van der Waals surface area contributed by atoms with Gasteiger partial charge in [-0.05, 0) is 50.7 Å². The van der Waals surface area contributed by atoms with Gasteiger partial charge in [-0.2, -0.15) is 5.26 Å². The third-order valence-corrected chi connectivity index (χ3v) is 7.27. The highest BCUT2D eigenvalue weighted by molar-refractivity contribution is 7.71. The molecule has 1 fully saturated rings. The summed E-state index contributed by atoms with van der Waals surface area (Å²) in [4.78, 5) is 11.5. The zero-order valence-electron chi connectivity index (χ0n) is 18.1. The molecular weight excluding hydrogens is 436 g/mol. The summed E-state index contributed by atoms with van der Waals surface area (Å²) in [5.41, 5.74) is 3.81. The van der Waals surface area contributed by atoms with Crippen LogP contribution in [0.25, 0.3) is 21.1 Å². The van der Waals surface area contributed by atoms with Gasteiger partial charge in [-0.15, -0.1) is 0 Å². The summed E-state index contributed by atoms with van der Waals surface area (Å²) in [5, 5.41) is 14.7. The quantitative estimate of drug-likeness (QED) is 0.359. The van der Waals surface area contributed by atoms with Gasteiger partial charge in [0.15, 0.2) is 5.13 Å². The van der Waals surface area contributed by atoms with Gasteiger partial charge in [0.1, 0.15) is 16.5 Å². The monoisotopic (exact) mass is 460 g/mol. The number of hydrogen-bond acceptors (Lipinski definition) is 7. The molecule has 0 unspecified atom stereocenters. The number of nitrogens with zero attached hydrogens (tertiary/aromatic N) is 5. The summed E-state index contributed by atoms with van der Waals surface area (Å²) in [7, 11) is 4.14. The van der Waals surface area contributed by atoms with Gasteiger partial charge in [-0.1, -0.05) is 42.5 Å². The molecule has 1 aromatic carbocycles. The van der Waals surface area contributed by atoms with Gasteiger partial charge in [-0.3, -0.25) is 0 Å². The lowest BCUT2D eigenvalue weighted by molar-refractivity contribution is 0.403. The van der Waals surface area contributed by atoms with Crippen LogP contribution < -0.4 is 5.32 Å². The number of hydrogen-bond donors (Lipinski definition) is 1. The summed E-state index contributed by atoms with van der Waals surface area (Å²) < 4.78 is 3.95. The molecule has 0 saturated heterocycles. The molecule has 8 heteroatoms. The van der Waals surface area contributed by atoms with E-state index in [4.69, 9.17) is 17.2 Å². The molecule has 3 heterocycles. The zero-order chi connectivity index (χ0) is 22.2. The topological polar surface area (TPSA) is 69.8 Å². The van der Waals surface area contributed by atoms with Crippen molar-refractivity contribution in [2.45, 2.75) is 38.3 Å². The van der Waals surface area contributed by atoms with Crippen molar-refractivity contribution in [2.75, 3.05) is 19.4 Å². The van der Waals surface area contributed by atoms with Crippen molar-refractivity contribution >= 4 is 55.6 Å². The van der Waals surface area contributed by atoms with E-state index >= 15 is 0 Å². The SMILES string of the molecule is CN(C)Cc1ccc2nc(Nc3cc4c(cn3)cc(C#N)c(=S)n4C3CCCC3)sc2c1. The number of pyridine rings is 2. The van der Waals surface area contributed by atoms with Crippen LogP contribution in [-0.4, -0.2) is 33.5 Å². The molecule has 5 rings (SSSR count). The fourth-order valence-electron chi connectivity index (χ4n) is 4.50.